The summed E-state index contributed by atoms with van der Waals surface area (Å²) >= 11 is 1.47. The predicted octanol–water partition coefficient (Wildman–Crippen LogP) is 3.84. The molecule has 2 saturated carbocycles. The van der Waals surface area contributed by atoms with Crippen LogP contribution in [0.4, 0.5) is 5.13 Å². The zero-order chi connectivity index (χ0) is 28.5. The van der Waals surface area contributed by atoms with Gasteiger partial charge in [0.2, 0.25) is 11.8 Å². The summed E-state index contributed by atoms with van der Waals surface area (Å²) < 4.78 is 6.78. The lowest BCUT2D eigenvalue weighted by atomic mass is 9.78. The number of aliphatic hydroxyl groups is 1. The van der Waals surface area contributed by atoms with Crippen molar-refractivity contribution in [1.82, 2.24) is 24.8 Å². The highest BCUT2D eigenvalue weighted by Gasteiger charge is 2.41. The first-order valence-corrected chi connectivity index (χ1v) is 15.6. The molecule has 2 N–H and O–H groups in total. The molecular formula is C30H38N6O4S. The van der Waals surface area contributed by atoms with E-state index in [2.05, 4.69) is 38.2 Å². The maximum Gasteiger partial charge on any atom is 0.229 e. The Labute approximate surface area is 244 Å². The number of fused-ring (bicyclic) bond motifs is 1. The number of nitrogens with zero attached hydrogens (tertiary/aromatic N) is 5. The highest BCUT2D eigenvalue weighted by Crippen LogP contribution is 2.36. The van der Waals surface area contributed by atoms with Crippen molar-refractivity contribution in [3.8, 4) is 11.1 Å². The fraction of sp³-hybridized carbons (Fsp3) is 0.567. The molecule has 3 aromatic rings. The second kappa shape index (κ2) is 12.1. The van der Waals surface area contributed by atoms with Gasteiger partial charge in [0, 0.05) is 62.0 Å². The van der Waals surface area contributed by atoms with Gasteiger partial charge in [-0.3, -0.25) is 14.5 Å². The van der Waals surface area contributed by atoms with Gasteiger partial charge in [-0.15, -0.1) is 0 Å². The molecule has 3 fully saturated rings. The van der Waals surface area contributed by atoms with Crippen LogP contribution >= 0.6 is 11.3 Å². The minimum atomic E-state index is -0.393. The zero-order valence-electron chi connectivity index (χ0n) is 23.7. The van der Waals surface area contributed by atoms with E-state index >= 15 is 0 Å². The highest BCUT2D eigenvalue weighted by molar-refractivity contribution is 7.22. The van der Waals surface area contributed by atoms with Gasteiger partial charge in [-0.25, -0.2) is 15.0 Å². The topological polar surface area (TPSA) is 121 Å². The van der Waals surface area contributed by atoms with Gasteiger partial charge in [0.25, 0.3) is 0 Å². The van der Waals surface area contributed by atoms with Crippen LogP contribution in [0.15, 0.2) is 30.6 Å². The summed E-state index contributed by atoms with van der Waals surface area (Å²) in [6.07, 6.45) is 7.94. The van der Waals surface area contributed by atoms with Gasteiger partial charge in [-0.2, -0.15) is 0 Å². The molecule has 3 heterocycles. The number of rotatable bonds is 8. The molecule has 6 rings (SSSR count). The summed E-state index contributed by atoms with van der Waals surface area (Å²) in [6, 6.07) is 6.71. The third kappa shape index (κ3) is 6.13. The maximum absolute atomic E-state index is 13.0. The number of thiazole rings is 1. The third-order valence-electron chi connectivity index (χ3n) is 8.79. The van der Waals surface area contributed by atoms with Crippen LogP contribution in [0.5, 0.6) is 0 Å². The molecule has 218 valence electrons. The average Bonchev–Trinajstić information content (AvgIpc) is 3.56. The molecule has 10 nitrogen and oxygen atoms in total. The molecule has 3 aliphatic rings. The van der Waals surface area contributed by atoms with E-state index in [1.54, 1.807) is 12.4 Å². The molecule has 2 aromatic heterocycles. The lowest BCUT2D eigenvalue weighted by Crippen LogP contribution is -2.60. The van der Waals surface area contributed by atoms with E-state index in [9.17, 15) is 14.7 Å². The first kappa shape index (κ1) is 28.1. The molecule has 1 aliphatic heterocycles. The van der Waals surface area contributed by atoms with Crippen molar-refractivity contribution in [2.45, 2.75) is 83.3 Å². The second-order valence-corrected chi connectivity index (χ2v) is 12.6. The molecule has 41 heavy (non-hydrogen) atoms. The van der Waals surface area contributed by atoms with Gasteiger partial charge in [-0.1, -0.05) is 24.3 Å². The number of nitrogens with one attached hydrogen (secondary N) is 1. The SMILES string of the molecule is CCC(=O)N1CCN(C2CC(C(=O)Nc3nc4ccc(-c5cnc(CO[C@H]6CCC[C@@H]6O)nc5)cc4s3)C2)[C@@H](C)C1. The van der Waals surface area contributed by atoms with Crippen molar-refractivity contribution in [3.63, 3.8) is 0 Å². The molecule has 0 bridgehead atoms. The van der Waals surface area contributed by atoms with Gasteiger partial charge in [0.15, 0.2) is 11.0 Å². The van der Waals surface area contributed by atoms with Crippen molar-refractivity contribution in [3.05, 3.63) is 36.4 Å². The lowest BCUT2D eigenvalue weighted by molar-refractivity contribution is -0.135. The van der Waals surface area contributed by atoms with E-state index in [1.165, 1.54) is 11.3 Å². The summed E-state index contributed by atoms with van der Waals surface area (Å²) in [6.45, 7) is 6.79. The van der Waals surface area contributed by atoms with Gasteiger partial charge in [-0.05, 0) is 56.7 Å². The molecule has 0 spiro atoms. The number of hydrogen-bond donors (Lipinski definition) is 2. The largest absolute Gasteiger partial charge is 0.390 e. The van der Waals surface area contributed by atoms with Gasteiger partial charge in [0.1, 0.15) is 6.61 Å². The molecule has 1 aromatic carbocycles. The molecule has 0 unspecified atom stereocenters. The zero-order valence-corrected chi connectivity index (χ0v) is 24.5. The van der Waals surface area contributed by atoms with Crippen LogP contribution in [0, 0.1) is 5.92 Å². The predicted molar refractivity (Wildman–Crippen MR) is 157 cm³/mol. The molecule has 2 aliphatic carbocycles. The van der Waals surface area contributed by atoms with Gasteiger partial charge < -0.3 is 20.1 Å². The Morgan fingerprint density at radius 1 is 1.15 bits per heavy atom. The number of ether oxygens (including phenoxy) is 1. The Hall–Kier alpha value is -2.99. The number of hydrogen-bond acceptors (Lipinski definition) is 9. The second-order valence-electron chi connectivity index (χ2n) is 11.5. The van der Waals surface area contributed by atoms with Crippen molar-refractivity contribution in [2.75, 3.05) is 25.0 Å². The van der Waals surface area contributed by atoms with Gasteiger partial charge in [0.05, 0.1) is 22.4 Å². The molecular weight excluding hydrogens is 540 g/mol. The molecule has 1 saturated heterocycles. The number of carbonyl (C=O) groups excluding carboxylic acids is 2. The monoisotopic (exact) mass is 578 g/mol. The number of amides is 2. The van der Waals surface area contributed by atoms with E-state index in [-0.39, 0.29) is 30.4 Å². The minimum absolute atomic E-state index is 0.0124. The van der Waals surface area contributed by atoms with E-state index in [0.29, 0.717) is 29.5 Å². The van der Waals surface area contributed by atoms with E-state index in [1.807, 2.05) is 24.0 Å². The first-order chi connectivity index (χ1) is 19.9. The number of anilines is 1. The molecule has 0 radical (unpaired) electrons. The summed E-state index contributed by atoms with van der Waals surface area (Å²) in [4.78, 5) is 43.0. The van der Waals surface area contributed by atoms with Crippen LogP contribution in [-0.2, 0) is 20.9 Å². The Morgan fingerprint density at radius 2 is 1.95 bits per heavy atom. The van der Waals surface area contributed by atoms with E-state index in [0.717, 1.165) is 73.1 Å². The summed E-state index contributed by atoms with van der Waals surface area (Å²) in [5, 5.41) is 13.6. The number of carbonyl (C=O) groups is 2. The fourth-order valence-electron chi connectivity index (χ4n) is 6.26. The third-order valence-corrected chi connectivity index (χ3v) is 9.72. The number of benzene rings is 1. The van der Waals surface area contributed by atoms with Crippen LogP contribution < -0.4 is 5.32 Å². The number of piperazine rings is 1. The fourth-order valence-corrected chi connectivity index (χ4v) is 7.17. The van der Waals surface area contributed by atoms with Crippen LogP contribution in [0.3, 0.4) is 0 Å². The van der Waals surface area contributed by atoms with E-state index in [4.69, 9.17) is 4.74 Å². The standard InChI is InChI=1S/C30H38N6O4S/c1-3-28(38)35-9-10-36(18(2)16-35)22-11-20(12-22)29(39)34-30-33-23-8-7-19(13-26(23)41-30)21-14-31-27(32-15-21)17-40-25-6-4-5-24(25)37/h7-8,13-15,18,20,22,24-25,37H,3-6,9-12,16-17H2,1-2H3,(H,33,34,39)/t18-,20?,22?,24-,25-/m0/s1. The van der Waals surface area contributed by atoms with E-state index < -0.39 is 6.10 Å². The number of aliphatic hydroxyl groups excluding tert-OH is 1. The van der Waals surface area contributed by atoms with Crippen LogP contribution in [0.2, 0.25) is 0 Å². The van der Waals surface area contributed by atoms with Crippen molar-refractivity contribution in [1.29, 1.82) is 0 Å². The molecule has 11 heteroatoms. The summed E-state index contributed by atoms with van der Waals surface area (Å²) in [5.41, 5.74) is 2.72. The van der Waals surface area contributed by atoms with Crippen LogP contribution in [0.1, 0.15) is 58.2 Å². The highest BCUT2D eigenvalue weighted by atomic mass is 32.1. The Bertz CT molecular complexity index is 1390. The summed E-state index contributed by atoms with van der Waals surface area (Å²) in [7, 11) is 0. The first-order valence-electron chi connectivity index (χ1n) is 14.7. The van der Waals surface area contributed by atoms with Crippen molar-refractivity contribution < 1.29 is 19.4 Å². The number of aromatic nitrogens is 3. The average molecular weight is 579 g/mol. The van der Waals surface area contributed by atoms with Crippen molar-refractivity contribution in [2.24, 2.45) is 5.92 Å². The molecule has 2 amide bonds. The van der Waals surface area contributed by atoms with Crippen LogP contribution in [-0.4, -0.2) is 85.6 Å². The summed E-state index contributed by atoms with van der Waals surface area (Å²) in [5.74, 6) is 0.836. The Morgan fingerprint density at radius 3 is 2.66 bits per heavy atom. The van der Waals surface area contributed by atoms with Crippen molar-refractivity contribution >= 4 is 38.5 Å². The minimum Gasteiger partial charge on any atom is -0.390 e. The quantitative estimate of drug-likeness (QED) is 0.414. The smallest absolute Gasteiger partial charge is 0.229 e. The normalized spacial score (nSPS) is 26.7. The Kier molecular flexibility index (Phi) is 8.30. The van der Waals surface area contributed by atoms with Gasteiger partial charge >= 0.3 is 0 Å². The molecule has 3 atom stereocenters. The Balaban J connectivity index is 1.01. The van der Waals surface area contributed by atoms with Crippen LogP contribution in [0.25, 0.3) is 21.3 Å². The maximum atomic E-state index is 13.0. The lowest BCUT2D eigenvalue weighted by Gasteiger charge is -2.49.